The molecule has 0 spiro atoms. The van der Waals surface area contributed by atoms with Crippen molar-refractivity contribution in [2.45, 2.75) is 45.6 Å². The number of alkyl halides is 1. The van der Waals surface area contributed by atoms with E-state index < -0.39 is 0 Å². The molecule has 1 aliphatic rings. The molecule has 0 unspecified atom stereocenters. The summed E-state index contributed by atoms with van der Waals surface area (Å²) in [6, 6.07) is 0. The first-order chi connectivity index (χ1) is 9.24. The number of fused-ring (bicyclic) bond motifs is 1. The minimum Gasteiger partial charge on any atom is -0.313 e. The maximum absolute atomic E-state index is 5.92. The monoisotopic (exact) mass is 280 g/mol. The minimum absolute atomic E-state index is 0.629. The number of imidazole rings is 1. The molecule has 104 valence electrons. The summed E-state index contributed by atoms with van der Waals surface area (Å²) in [5.41, 5.74) is 3.39. The summed E-state index contributed by atoms with van der Waals surface area (Å²) < 4.78 is 4.34. The highest BCUT2D eigenvalue weighted by Crippen LogP contribution is 2.33. The predicted molar refractivity (Wildman–Crippen MR) is 77.6 cm³/mol. The minimum atomic E-state index is 0.629. The van der Waals surface area contributed by atoms with Gasteiger partial charge in [0.1, 0.15) is 11.3 Å². The van der Waals surface area contributed by atoms with Gasteiger partial charge in [-0.05, 0) is 25.2 Å². The van der Waals surface area contributed by atoms with Gasteiger partial charge < -0.3 is 4.57 Å². The lowest BCUT2D eigenvalue weighted by Gasteiger charge is -2.07. The Morgan fingerprint density at radius 2 is 2.11 bits per heavy atom. The van der Waals surface area contributed by atoms with E-state index in [-0.39, 0.29) is 0 Å². The van der Waals surface area contributed by atoms with E-state index in [4.69, 9.17) is 16.6 Å². The van der Waals surface area contributed by atoms with Gasteiger partial charge >= 0.3 is 0 Å². The zero-order valence-electron chi connectivity index (χ0n) is 11.7. The lowest BCUT2D eigenvalue weighted by atomic mass is 10.2. The van der Waals surface area contributed by atoms with Crippen LogP contribution in [0.15, 0.2) is 0 Å². The Bertz CT molecular complexity index is 580. The summed E-state index contributed by atoms with van der Waals surface area (Å²) in [7, 11) is 2.02. The van der Waals surface area contributed by atoms with Crippen molar-refractivity contribution in [1.82, 2.24) is 19.3 Å². The van der Waals surface area contributed by atoms with Crippen LogP contribution in [0.25, 0.3) is 11.2 Å². The maximum atomic E-state index is 5.92. The van der Waals surface area contributed by atoms with Crippen molar-refractivity contribution in [2.24, 2.45) is 13.0 Å². The summed E-state index contributed by atoms with van der Waals surface area (Å²) in [6.07, 6.45) is 5.64. The number of halogens is 1. The van der Waals surface area contributed by atoms with Crippen molar-refractivity contribution in [2.75, 3.05) is 5.88 Å². The van der Waals surface area contributed by atoms with Gasteiger partial charge in [0.2, 0.25) is 0 Å². The summed E-state index contributed by atoms with van der Waals surface area (Å²) in [5, 5.41) is 4.63. The lowest BCUT2D eigenvalue weighted by molar-refractivity contribution is 0.593. The molecule has 0 aromatic carbocycles. The van der Waals surface area contributed by atoms with Crippen molar-refractivity contribution in [3.63, 3.8) is 0 Å². The molecule has 0 bridgehead atoms. The van der Waals surface area contributed by atoms with Gasteiger partial charge in [-0.15, -0.1) is 11.6 Å². The van der Waals surface area contributed by atoms with E-state index in [1.54, 1.807) is 0 Å². The van der Waals surface area contributed by atoms with E-state index in [2.05, 4.69) is 16.6 Å². The Balaban J connectivity index is 2.08. The molecule has 0 saturated heterocycles. The topological polar surface area (TPSA) is 35.6 Å². The van der Waals surface area contributed by atoms with Crippen molar-refractivity contribution < 1.29 is 0 Å². The second-order valence-electron chi connectivity index (χ2n) is 5.51. The van der Waals surface area contributed by atoms with Crippen LogP contribution in [0.3, 0.4) is 0 Å². The highest BCUT2D eigenvalue weighted by Gasteiger charge is 2.26. The molecule has 0 N–H and O–H groups in total. The molecule has 1 saturated carbocycles. The van der Waals surface area contributed by atoms with Gasteiger partial charge in [0, 0.05) is 25.9 Å². The van der Waals surface area contributed by atoms with Crippen molar-refractivity contribution >= 4 is 22.8 Å². The third-order valence-corrected chi connectivity index (χ3v) is 4.00. The van der Waals surface area contributed by atoms with E-state index in [0.29, 0.717) is 5.88 Å². The number of rotatable bonds is 6. The van der Waals surface area contributed by atoms with Gasteiger partial charge in [-0.25, -0.2) is 4.98 Å². The number of aryl methyl sites for hydroxylation is 3. The molecule has 0 amide bonds. The number of hydrogen-bond acceptors (Lipinski definition) is 2. The van der Waals surface area contributed by atoms with Crippen LogP contribution in [-0.2, 0) is 26.4 Å². The van der Waals surface area contributed by atoms with E-state index in [9.17, 15) is 0 Å². The molecule has 19 heavy (non-hydrogen) atoms. The van der Waals surface area contributed by atoms with Crippen molar-refractivity contribution in [3.05, 3.63) is 11.5 Å². The fourth-order valence-corrected chi connectivity index (χ4v) is 2.89. The molecule has 3 rings (SSSR count). The predicted octanol–water partition coefficient (Wildman–Crippen LogP) is 2.91. The second-order valence-corrected chi connectivity index (χ2v) is 5.89. The summed E-state index contributed by atoms with van der Waals surface area (Å²) in [4.78, 5) is 4.82. The molecule has 2 heterocycles. The molecule has 0 radical (unpaired) electrons. The van der Waals surface area contributed by atoms with Gasteiger partial charge in [0.15, 0.2) is 5.65 Å². The second kappa shape index (κ2) is 5.16. The van der Waals surface area contributed by atoms with Crippen molar-refractivity contribution in [1.29, 1.82) is 0 Å². The number of hydrogen-bond donors (Lipinski definition) is 0. The van der Waals surface area contributed by atoms with Crippen LogP contribution in [-0.4, -0.2) is 25.2 Å². The highest BCUT2D eigenvalue weighted by atomic mass is 35.5. The first-order valence-electron chi connectivity index (χ1n) is 7.21. The van der Waals surface area contributed by atoms with Crippen LogP contribution >= 0.6 is 11.6 Å². The largest absolute Gasteiger partial charge is 0.313 e. The summed E-state index contributed by atoms with van der Waals surface area (Å²) in [6.45, 7) is 3.26. The number of nitrogens with zero attached hydrogens (tertiary/aromatic N) is 4. The van der Waals surface area contributed by atoms with Gasteiger partial charge in [-0.1, -0.05) is 13.3 Å². The zero-order chi connectivity index (χ0) is 13.4. The zero-order valence-corrected chi connectivity index (χ0v) is 12.4. The van der Waals surface area contributed by atoms with Gasteiger partial charge in [-0.3, -0.25) is 4.68 Å². The molecule has 4 nitrogen and oxygen atoms in total. The molecular formula is C14H21ClN4. The Morgan fingerprint density at radius 3 is 2.74 bits per heavy atom. The van der Waals surface area contributed by atoms with Crippen LogP contribution in [0.2, 0.25) is 0 Å². The molecule has 2 aromatic heterocycles. The fourth-order valence-electron chi connectivity index (χ4n) is 2.72. The smallest absolute Gasteiger partial charge is 0.158 e. The molecular weight excluding hydrogens is 260 g/mol. The fraction of sp³-hybridized carbons (Fsp3) is 0.714. The Kier molecular flexibility index (Phi) is 3.52. The normalized spacial score (nSPS) is 15.5. The average molecular weight is 281 g/mol. The third kappa shape index (κ3) is 2.38. The molecule has 0 aliphatic heterocycles. The van der Waals surface area contributed by atoms with E-state index in [1.165, 1.54) is 18.5 Å². The van der Waals surface area contributed by atoms with E-state index >= 15 is 0 Å². The SMILES string of the molecule is CCCc1nn(C)c2c1nc(CCCl)n2CC1CC1. The van der Waals surface area contributed by atoms with Crippen LogP contribution < -0.4 is 0 Å². The van der Waals surface area contributed by atoms with Crippen molar-refractivity contribution in [3.8, 4) is 0 Å². The van der Waals surface area contributed by atoms with Crippen LogP contribution in [0.4, 0.5) is 0 Å². The van der Waals surface area contributed by atoms with Gasteiger partial charge in [0.05, 0.1) is 5.69 Å². The summed E-state index contributed by atoms with van der Waals surface area (Å²) >= 11 is 5.92. The highest BCUT2D eigenvalue weighted by molar-refractivity contribution is 6.17. The lowest BCUT2D eigenvalue weighted by Crippen LogP contribution is -2.09. The standard InChI is InChI=1S/C14H21ClN4/c1-3-4-11-13-14(18(2)17-11)19(9-10-5-6-10)12(16-13)7-8-15/h10H,3-9H2,1-2H3. The Hall–Kier alpha value is -1.03. The van der Waals surface area contributed by atoms with Gasteiger partial charge in [0.25, 0.3) is 0 Å². The summed E-state index contributed by atoms with van der Waals surface area (Å²) in [5.74, 6) is 2.59. The average Bonchev–Trinajstić information content (AvgIpc) is 3.05. The Morgan fingerprint density at radius 1 is 1.32 bits per heavy atom. The maximum Gasteiger partial charge on any atom is 0.158 e. The molecule has 5 heteroatoms. The molecule has 1 aliphatic carbocycles. The molecule has 1 fully saturated rings. The van der Waals surface area contributed by atoms with Gasteiger partial charge in [-0.2, -0.15) is 5.10 Å². The quantitative estimate of drug-likeness (QED) is 0.763. The first kappa shape index (κ1) is 13.0. The number of aromatic nitrogens is 4. The van der Waals surface area contributed by atoms with Crippen LogP contribution in [0.5, 0.6) is 0 Å². The van der Waals surface area contributed by atoms with Crippen LogP contribution in [0.1, 0.15) is 37.7 Å². The Labute approximate surface area is 118 Å². The van der Waals surface area contributed by atoms with E-state index in [0.717, 1.165) is 48.8 Å². The first-order valence-corrected chi connectivity index (χ1v) is 7.75. The molecule has 0 atom stereocenters. The third-order valence-electron chi connectivity index (χ3n) is 3.81. The van der Waals surface area contributed by atoms with E-state index in [1.807, 2.05) is 11.7 Å². The van der Waals surface area contributed by atoms with Crippen LogP contribution in [0, 0.1) is 5.92 Å². The molecule has 2 aromatic rings.